The summed E-state index contributed by atoms with van der Waals surface area (Å²) in [5.41, 5.74) is 6.33. The Labute approximate surface area is 186 Å². The predicted octanol–water partition coefficient (Wildman–Crippen LogP) is 4.03. The number of aliphatic hydroxyl groups is 1. The number of hydrogen-bond acceptors (Lipinski definition) is 7. The highest BCUT2D eigenvalue weighted by Crippen LogP contribution is 2.42. The third kappa shape index (κ3) is 3.92. The Morgan fingerprint density at radius 2 is 1.69 bits per heavy atom. The Balaban J connectivity index is 1.81. The number of ether oxygens (including phenoxy) is 3. The van der Waals surface area contributed by atoms with Crippen LogP contribution in [0.3, 0.4) is 0 Å². The molecule has 0 saturated carbocycles. The predicted molar refractivity (Wildman–Crippen MR) is 125 cm³/mol. The van der Waals surface area contributed by atoms with Gasteiger partial charge in [-0.05, 0) is 42.3 Å². The van der Waals surface area contributed by atoms with E-state index in [0.717, 1.165) is 39.0 Å². The Bertz CT molecular complexity index is 1230. The fraction of sp³-hybridized carbons (Fsp3) is 0.250. The van der Waals surface area contributed by atoms with E-state index in [2.05, 4.69) is 44.8 Å². The SMILES string of the molecule is COc1cc(-c2[nH]nc3ncc(-c4ccc(C)c(NCCO)c4)cc23)cc(OC)c1OC. The first kappa shape index (κ1) is 21.5. The fourth-order valence-corrected chi connectivity index (χ4v) is 3.69. The maximum Gasteiger partial charge on any atom is 0.203 e. The van der Waals surface area contributed by atoms with Crippen LogP contribution in [-0.2, 0) is 0 Å². The van der Waals surface area contributed by atoms with Gasteiger partial charge in [0.1, 0.15) is 0 Å². The topological polar surface area (TPSA) is 102 Å². The largest absolute Gasteiger partial charge is 0.493 e. The number of nitrogens with zero attached hydrogens (tertiary/aromatic N) is 2. The molecule has 8 heteroatoms. The number of hydrogen-bond donors (Lipinski definition) is 3. The van der Waals surface area contributed by atoms with E-state index in [1.165, 1.54) is 0 Å². The number of nitrogens with one attached hydrogen (secondary N) is 2. The first-order valence-electron chi connectivity index (χ1n) is 10.2. The lowest BCUT2D eigenvalue weighted by Crippen LogP contribution is -2.06. The standard InChI is InChI=1S/C24H26N4O4/c1-14-5-6-15(10-19(14)25-7-8-29)17-9-18-22(27-28-24(18)26-13-17)16-11-20(30-2)23(32-4)21(12-16)31-3/h5-6,9-13,25,29H,7-8H2,1-4H3,(H,26,27,28). The van der Waals surface area contributed by atoms with Crippen molar-refractivity contribution < 1.29 is 19.3 Å². The van der Waals surface area contributed by atoms with Crippen LogP contribution in [0.15, 0.2) is 42.6 Å². The zero-order valence-electron chi connectivity index (χ0n) is 18.5. The molecule has 2 heterocycles. The van der Waals surface area contributed by atoms with Crippen LogP contribution >= 0.6 is 0 Å². The van der Waals surface area contributed by atoms with Crippen molar-refractivity contribution in [3.63, 3.8) is 0 Å². The Kier molecular flexibility index (Phi) is 6.13. The average Bonchev–Trinajstić information content (AvgIpc) is 3.25. The molecule has 0 aliphatic carbocycles. The summed E-state index contributed by atoms with van der Waals surface area (Å²) in [4.78, 5) is 4.55. The van der Waals surface area contributed by atoms with E-state index in [-0.39, 0.29) is 6.61 Å². The lowest BCUT2D eigenvalue weighted by Gasteiger charge is -2.14. The molecular formula is C24H26N4O4. The van der Waals surface area contributed by atoms with E-state index in [4.69, 9.17) is 19.3 Å². The van der Waals surface area contributed by atoms with Crippen molar-refractivity contribution in [3.8, 4) is 39.6 Å². The van der Waals surface area contributed by atoms with Gasteiger partial charge in [-0.15, -0.1) is 0 Å². The zero-order chi connectivity index (χ0) is 22.7. The fourth-order valence-electron chi connectivity index (χ4n) is 3.69. The van der Waals surface area contributed by atoms with Crippen molar-refractivity contribution in [3.05, 3.63) is 48.2 Å². The number of rotatable bonds is 8. The number of pyridine rings is 1. The lowest BCUT2D eigenvalue weighted by molar-refractivity contribution is 0.311. The first-order valence-corrected chi connectivity index (χ1v) is 10.2. The summed E-state index contributed by atoms with van der Waals surface area (Å²) in [6.45, 7) is 2.60. The first-order chi connectivity index (χ1) is 15.6. The van der Waals surface area contributed by atoms with Gasteiger partial charge in [0.15, 0.2) is 17.1 Å². The number of fused-ring (bicyclic) bond motifs is 1. The molecule has 3 N–H and O–H groups in total. The van der Waals surface area contributed by atoms with Crippen molar-refractivity contribution in [2.24, 2.45) is 0 Å². The summed E-state index contributed by atoms with van der Waals surface area (Å²) in [6, 6.07) is 12.0. The second kappa shape index (κ2) is 9.15. The Hall–Kier alpha value is -3.78. The van der Waals surface area contributed by atoms with E-state index in [9.17, 15) is 0 Å². The normalized spacial score (nSPS) is 10.9. The van der Waals surface area contributed by atoms with Crippen LogP contribution in [0.2, 0.25) is 0 Å². The summed E-state index contributed by atoms with van der Waals surface area (Å²) in [6.07, 6.45) is 1.81. The number of aliphatic hydroxyl groups excluding tert-OH is 1. The second-order valence-electron chi connectivity index (χ2n) is 7.29. The molecule has 2 aromatic carbocycles. The monoisotopic (exact) mass is 434 g/mol. The van der Waals surface area contributed by atoms with Crippen molar-refractivity contribution in [1.82, 2.24) is 15.2 Å². The van der Waals surface area contributed by atoms with Crippen LogP contribution in [0.1, 0.15) is 5.56 Å². The highest BCUT2D eigenvalue weighted by Gasteiger charge is 2.17. The van der Waals surface area contributed by atoms with E-state index < -0.39 is 0 Å². The molecule has 4 aromatic rings. The molecule has 166 valence electrons. The molecule has 0 bridgehead atoms. The van der Waals surface area contributed by atoms with E-state index in [1.807, 2.05) is 25.3 Å². The molecule has 32 heavy (non-hydrogen) atoms. The van der Waals surface area contributed by atoms with Gasteiger partial charge in [0, 0.05) is 34.9 Å². The summed E-state index contributed by atoms with van der Waals surface area (Å²) in [5, 5.41) is 20.7. The number of H-pyrrole nitrogens is 1. The molecule has 0 aliphatic rings. The average molecular weight is 434 g/mol. The molecule has 0 saturated heterocycles. The maximum atomic E-state index is 9.14. The summed E-state index contributed by atoms with van der Waals surface area (Å²) in [5.74, 6) is 1.66. The van der Waals surface area contributed by atoms with Gasteiger partial charge in [-0.25, -0.2) is 4.98 Å². The summed E-state index contributed by atoms with van der Waals surface area (Å²) >= 11 is 0. The third-order valence-corrected chi connectivity index (χ3v) is 5.36. The van der Waals surface area contributed by atoms with Crippen LogP contribution in [0.4, 0.5) is 5.69 Å². The summed E-state index contributed by atoms with van der Waals surface area (Å²) < 4.78 is 16.4. The zero-order valence-corrected chi connectivity index (χ0v) is 18.5. The molecule has 0 unspecified atom stereocenters. The second-order valence-corrected chi connectivity index (χ2v) is 7.29. The van der Waals surface area contributed by atoms with Gasteiger partial charge in [-0.1, -0.05) is 12.1 Å². The number of aryl methyl sites for hydroxylation is 1. The highest BCUT2D eigenvalue weighted by atomic mass is 16.5. The van der Waals surface area contributed by atoms with Crippen LogP contribution in [-0.4, -0.2) is 54.8 Å². The number of aromatic nitrogens is 3. The van der Waals surface area contributed by atoms with Crippen LogP contribution < -0.4 is 19.5 Å². The highest BCUT2D eigenvalue weighted by molar-refractivity contribution is 5.94. The minimum absolute atomic E-state index is 0.0738. The molecule has 0 aliphatic heterocycles. The van der Waals surface area contributed by atoms with Crippen molar-refractivity contribution in [2.45, 2.75) is 6.92 Å². The lowest BCUT2D eigenvalue weighted by atomic mass is 10.0. The number of aromatic amines is 1. The third-order valence-electron chi connectivity index (χ3n) is 5.36. The van der Waals surface area contributed by atoms with Gasteiger partial charge in [-0.2, -0.15) is 5.10 Å². The smallest absolute Gasteiger partial charge is 0.203 e. The van der Waals surface area contributed by atoms with Gasteiger partial charge in [0.05, 0.1) is 33.6 Å². The molecule has 0 spiro atoms. The van der Waals surface area contributed by atoms with Crippen molar-refractivity contribution in [2.75, 3.05) is 39.8 Å². The molecule has 0 fully saturated rings. The molecule has 0 radical (unpaired) electrons. The van der Waals surface area contributed by atoms with E-state index in [1.54, 1.807) is 21.3 Å². The molecule has 0 atom stereocenters. The van der Waals surface area contributed by atoms with Gasteiger partial charge in [0.2, 0.25) is 5.75 Å². The molecule has 4 rings (SSSR count). The molecule has 2 aromatic heterocycles. The van der Waals surface area contributed by atoms with Crippen LogP contribution in [0.25, 0.3) is 33.4 Å². The van der Waals surface area contributed by atoms with E-state index >= 15 is 0 Å². The number of methoxy groups -OCH3 is 3. The van der Waals surface area contributed by atoms with Gasteiger partial charge in [0.25, 0.3) is 0 Å². The minimum atomic E-state index is 0.0738. The van der Waals surface area contributed by atoms with Gasteiger partial charge < -0.3 is 24.6 Å². The van der Waals surface area contributed by atoms with Crippen LogP contribution in [0.5, 0.6) is 17.2 Å². The van der Waals surface area contributed by atoms with Crippen molar-refractivity contribution >= 4 is 16.7 Å². The quantitative estimate of drug-likeness (QED) is 0.385. The molecular weight excluding hydrogens is 408 g/mol. The minimum Gasteiger partial charge on any atom is -0.493 e. The summed E-state index contributed by atoms with van der Waals surface area (Å²) in [7, 11) is 4.75. The Morgan fingerprint density at radius 3 is 2.34 bits per heavy atom. The van der Waals surface area contributed by atoms with E-state index in [0.29, 0.717) is 29.4 Å². The van der Waals surface area contributed by atoms with Crippen LogP contribution in [0, 0.1) is 6.92 Å². The van der Waals surface area contributed by atoms with Gasteiger partial charge >= 0.3 is 0 Å². The van der Waals surface area contributed by atoms with Crippen molar-refractivity contribution in [1.29, 1.82) is 0 Å². The molecule has 8 nitrogen and oxygen atoms in total. The Morgan fingerprint density at radius 1 is 0.938 bits per heavy atom. The number of benzene rings is 2. The molecule has 0 amide bonds. The number of anilines is 1. The maximum absolute atomic E-state index is 9.14. The van der Waals surface area contributed by atoms with Gasteiger partial charge in [-0.3, -0.25) is 5.10 Å².